The molecule has 0 N–H and O–H groups in total. The van der Waals surface area contributed by atoms with Gasteiger partial charge < -0.3 is 0 Å². The summed E-state index contributed by atoms with van der Waals surface area (Å²) < 4.78 is 0. The fourth-order valence-electron chi connectivity index (χ4n) is 2.05. The molecule has 0 aliphatic heterocycles. The van der Waals surface area contributed by atoms with Crippen LogP contribution >= 0.6 is 23.2 Å². The summed E-state index contributed by atoms with van der Waals surface area (Å²) >= 11 is 12.0. The highest BCUT2D eigenvalue weighted by atomic mass is 35.5. The zero-order valence-electron chi connectivity index (χ0n) is 11.2. The monoisotopic (exact) mass is 319 g/mol. The Morgan fingerprint density at radius 3 is 2.48 bits per heavy atom. The Balaban J connectivity index is 2.41. The number of halogens is 2. The third kappa shape index (κ3) is 3.56. The van der Waals surface area contributed by atoms with Crippen molar-refractivity contribution in [1.82, 2.24) is 0 Å². The Morgan fingerprint density at radius 1 is 1.24 bits per heavy atom. The summed E-state index contributed by atoms with van der Waals surface area (Å²) in [5.74, 6) is -0.162. The third-order valence-corrected chi connectivity index (χ3v) is 3.55. The molecule has 2 aromatic rings. The van der Waals surface area contributed by atoms with Gasteiger partial charge in [-0.05, 0) is 53.9 Å². The molecule has 0 saturated heterocycles. The molecule has 4 nitrogen and oxygen atoms in total. The Labute approximate surface area is 131 Å². The lowest BCUT2D eigenvalue weighted by molar-refractivity contribution is 0.103. The van der Waals surface area contributed by atoms with Gasteiger partial charge in [0.2, 0.25) is 0 Å². The first-order valence-electron chi connectivity index (χ1n) is 6.13. The van der Waals surface area contributed by atoms with Gasteiger partial charge >= 0.3 is 0 Å². The van der Waals surface area contributed by atoms with Crippen molar-refractivity contribution in [2.45, 2.75) is 13.5 Å². The zero-order valence-corrected chi connectivity index (χ0v) is 12.7. The Kier molecular flexibility index (Phi) is 4.86. The van der Waals surface area contributed by atoms with Gasteiger partial charge in [-0.25, -0.2) is 0 Å². The SMILES string of the molecule is Cc1cc(CN=[N+]=[N-])cc(Cl)c1C(=O)c1ccc(Cl)cc1. The summed E-state index contributed by atoms with van der Waals surface area (Å²) in [5.41, 5.74) is 10.8. The third-order valence-electron chi connectivity index (χ3n) is 3.00. The minimum Gasteiger partial charge on any atom is -0.289 e. The van der Waals surface area contributed by atoms with Crippen LogP contribution in [0.4, 0.5) is 0 Å². The van der Waals surface area contributed by atoms with E-state index in [1.165, 1.54) is 0 Å². The molecule has 0 fully saturated rings. The second kappa shape index (κ2) is 6.64. The van der Waals surface area contributed by atoms with Gasteiger partial charge in [0, 0.05) is 21.1 Å². The molecule has 0 unspecified atom stereocenters. The quantitative estimate of drug-likeness (QED) is 0.324. The van der Waals surface area contributed by atoms with E-state index in [4.69, 9.17) is 28.7 Å². The minimum absolute atomic E-state index is 0.162. The number of carbonyl (C=O) groups excluding carboxylic acids is 1. The first kappa shape index (κ1) is 15.4. The summed E-state index contributed by atoms with van der Waals surface area (Å²) in [7, 11) is 0. The number of hydrogen-bond acceptors (Lipinski definition) is 2. The first-order valence-corrected chi connectivity index (χ1v) is 6.88. The maximum absolute atomic E-state index is 12.5. The predicted molar refractivity (Wildman–Crippen MR) is 83.9 cm³/mol. The summed E-state index contributed by atoms with van der Waals surface area (Å²) in [5, 5.41) is 4.40. The van der Waals surface area contributed by atoms with Crippen LogP contribution in [0.1, 0.15) is 27.0 Å². The van der Waals surface area contributed by atoms with Gasteiger partial charge in [-0.3, -0.25) is 4.79 Å². The van der Waals surface area contributed by atoms with Gasteiger partial charge in [-0.2, -0.15) is 0 Å². The van der Waals surface area contributed by atoms with E-state index in [1.54, 1.807) is 43.3 Å². The van der Waals surface area contributed by atoms with Crippen molar-refractivity contribution in [2.75, 3.05) is 0 Å². The molecular formula is C15H11Cl2N3O. The summed E-state index contributed by atoms with van der Waals surface area (Å²) in [6.45, 7) is 2.00. The molecule has 0 aliphatic carbocycles. The average molecular weight is 320 g/mol. The van der Waals surface area contributed by atoms with Crippen LogP contribution in [-0.2, 0) is 6.54 Å². The number of hydrogen-bond donors (Lipinski definition) is 0. The molecule has 0 heterocycles. The molecule has 0 radical (unpaired) electrons. The summed E-state index contributed by atoms with van der Waals surface area (Å²) in [4.78, 5) is 15.2. The normalized spacial score (nSPS) is 10.0. The Morgan fingerprint density at radius 2 is 1.90 bits per heavy atom. The highest BCUT2D eigenvalue weighted by molar-refractivity contribution is 6.35. The van der Waals surface area contributed by atoms with Crippen LogP contribution in [0.25, 0.3) is 10.4 Å². The van der Waals surface area contributed by atoms with E-state index in [0.29, 0.717) is 21.2 Å². The van der Waals surface area contributed by atoms with Crippen LogP contribution in [0.2, 0.25) is 10.0 Å². The number of azide groups is 1. The molecular weight excluding hydrogens is 309 g/mol. The fraction of sp³-hybridized carbons (Fsp3) is 0.133. The van der Waals surface area contributed by atoms with Crippen molar-refractivity contribution in [3.8, 4) is 0 Å². The van der Waals surface area contributed by atoms with Gasteiger partial charge in [-0.15, -0.1) is 0 Å². The number of carbonyl (C=O) groups is 1. The number of rotatable bonds is 4. The molecule has 21 heavy (non-hydrogen) atoms. The molecule has 6 heteroatoms. The fourth-order valence-corrected chi connectivity index (χ4v) is 2.55. The molecule has 0 amide bonds. The minimum atomic E-state index is -0.162. The van der Waals surface area contributed by atoms with Crippen LogP contribution in [0.15, 0.2) is 41.5 Å². The molecule has 0 saturated carbocycles. The summed E-state index contributed by atoms with van der Waals surface area (Å²) in [6, 6.07) is 10.1. The molecule has 2 aromatic carbocycles. The van der Waals surface area contributed by atoms with E-state index in [-0.39, 0.29) is 12.3 Å². The lowest BCUT2D eigenvalue weighted by Gasteiger charge is -2.10. The van der Waals surface area contributed by atoms with Crippen LogP contribution in [0.3, 0.4) is 0 Å². The average Bonchev–Trinajstić information content (AvgIpc) is 2.45. The standard InChI is InChI=1S/C15H11Cl2N3O/c1-9-6-10(8-19-20-18)7-13(17)14(9)15(21)11-2-4-12(16)5-3-11/h2-7H,8H2,1H3. The number of aryl methyl sites for hydroxylation is 1. The van der Waals surface area contributed by atoms with E-state index in [0.717, 1.165) is 11.1 Å². The lowest BCUT2D eigenvalue weighted by atomic mass is 9.97. The number of ketones is 1. The highest BCUT2D eigenvalue weighted by Crippen LogP contribution is 2.26. The van der Waals surface area contributed by atoms with Crippen molar-refractivity contribution >= 4 is 29.0 Å². The molecule has 106 valence electrons. The van der Waals surface area contributed by atoms with Crippen molar-refractivity contribution in [3.05, 3.63) is 79.1 Å². The largest absolute Gasteiger partial charge is 0.289 e. The predicted octanol–water partition coefficient (Wildman–Crippen LogP) is 5.34. The number of benzene rings is 2. The Hall–Kier alpha value is -2.00. The molecule has 2 rings (SSSR count). The van der Waals surface area contributed by atoms with Crippen LogP contribution in [0, 0.1) is 6.92 Å². The number of nitrogens with zero attached hydrogens (tertiary/aromatic N) is 3. The van der Waals surface area contributed by atoms with Crippen molar-refractivity contribution in [2.24, 2.45) is 5.11 Å². The lowest BCUT2D eigenvalue weighted by Crippen LogP contribution is -2.05. The van der Waals surface area contributed by atoms with Crippen molar-refractivity contribution in [3.63, 3.8) is 0 Å². The van der Waals surface area contributed by atoms with Gasteiger partial charge in [0.1, 0.15) is 0 Å². The van der Waals surface area contributed by atoms with E-state index in [2.05, 4.69) is 10.0 Å². The molecule has 0 aromatic heterocycles. The van der Waals surface area contributed by atoms with Crippen molar-refractivity contribution < 1.29 is 4.79 Å². The molecule has 0 spiro atoms. The van der Waals surface area contributed by atoms with Gasteiger partial charge in [-0.1, -0.05) is 34.4 Å². The van der Waals surface area contributed by atoms with E-state index < -0.39 is 0 Å². The van der Waals surface area contributed by atoms with Gasteiger partial charge in [0.15, 0.2) is 5.78 Å². The molecule has 0 atom stereocenters. The molecule has 0 bridgehead atoms. The van der Waals surface area contributed by atoms with Crippen molar-refractivity contribution in [1.29, 1.82) is 0 Å². The van der Waals surface area contributed by atoms with E-state index in [9.17, 15) is 4.79 Å². The highest BCUT2D eigenvalue weighted by Gasteiger charge is 2.16. The maximum Gasteiger partial charge on any atom is 0.194 e. The van der Waals surface area contributed by atoms with Gasteiger partial charge in [0.05, 0.1) is 11.6 Å². The second-order valence-electron chi connectivity index (χ2n) is 4.49. The maximum atomic E-state index is 12.5. The van der Waals surface area contributed by atoms with Gasteiger partial charge in [0.25, 0.3) is 0 Å². The van der Waals surface area contributed by atoms with E-state index >= 15 is 0 Å². The summed E-state index contributed by atoms with van der Waals surface area (Å²) in [6.07, 6.45) is 0. The zero-order chi connectivity index (χ0) is 15.4. The van der Waals surface area contributed by atoms with Crippen LogP contribution in [0.5, 0.6) is 0 Å². The van der Waals surface area contributed by atoms with E-state index in [1.807, 2.05) is 0 Å². The Bertz CT molecular complexity index is 712. The second-order valence-corrected chi connectivity index (χ2v) is 5.34. The topological polar surface area (TPSA) is 65.8 Å². The smallest absolute Gasteiger partial charge is 0.194 e. The molecule has 0 aliphatic rings. The van der Waals surface area contributed by atoms with Crippen LogP contribution < -0.4 is 0 Å². The first-order chi connectivity index (χ1) is 10.0. The van der Waals surface area contributed by atoms with Crippen LogP contribution in [-0.4, -0.2) is 5.78 Å².